The van der Waals surface area contributed by atoms with Gasteiger partial charge in [-0.3, -0.25) is 0 Å². The SMILES string of the molecule is C=Cc1cccc(CCc2cccc(CCc3ccccc3C=C)c2)c1. The van der Waals surface area contributed by atoms with E-state index in [1.807, 2.05) is 12.2 Å². The van der Waals surface area contributed by atoms with Crippen LogP contribution in [0.2, 0.25) is 0 Å². The Morgan fingerprint density at radius 3 is 1.88 bits per heavy atom. The first-order valence-corrected chi connectivity index (χ1v) is 9.28. The molecule has 0 bridgehead atoms. The molecule has 0 N–H and O–H groups in total. The second-order valence-corrected chi connectivity index (χ2v) is 6.67. The van der Waals surface area contributed by atoms with Crippen molar-refractivity contribution in [2.45, 2.75) is 25.7 Å². The summed E-state index contributed by atoms with van der Waals surface area (Å²) in [6.07, 6.45) is 8.09. The highest BCUT2D eigenvalue weighted by Crippen LogP contribution is 2.16. The lowest BCUT2D eigenvalue weighted by atomic mass is 9.97. The molecule has 0 saturated heterocycles. The van der Waals surface area contributed by atoms with Crippen molar-refractivity contribution < 1.29 is 0 Å². The molecule has 0 unspecified atom stereocenters. The summed E-state index contributed by atoms with van der Waals surface area (Å²) in [5.41, 5.74) is 7.98. The van der Waals surface area contributed by atoms with Crippen LogP contribution in [0, 0.1) is 0 Å². The maximum absolute atomic E-state index is 3.92. The lowest BCUT2D eigenvalue weighted by Gasteiger charge is -2.08. The van der Waals surface area contributed by atoms with Gasteiger partial charge in [0.1, 0.15) is 0 Å². The van der Waals surface area contributed by atoms with Gasteiger partial charge in [-0.2, -0.15) is 0 Å². The Morgan fingerprint density at radius 1 is 0.577 bits per heavy atom. The molecule has 0 aromatic heterocycles. The lowest BCUT2D eigenvalue weighted by molar-refractivity contribution is 0.929. The van der Waals surface area contributed by atoms with Crippen LogP contribution in [0.3, 0.4) is 0 Å². The molecular formula is C26H26. The van der Waals surface area contributed by atoms with Crippen LogP contribution in [0.5, 0.6) is 0 Å². The van der Waals surface area contributed by atoms with Crippen LogP contribution in [-0.4, -0.2) is 0 Å². The number of hydrogen-bond acceptors (Lipinski definition) is 0. The summed E-state index contributed by atoms with van der Waals surface area (Å²) in [6, 6.07) is 26.2. The number of aryl methyl sites for hydroxylation is 4. The molecule has 0 aliphatic carbocycles. The topological polar surface area (TPSA) is 0 Å². The number of rotatable bonds is 8. The fourth-order valence-electron chi connectivity index (χ4n) is 3.34. The first-order valence-electron chi connectivity index (χ1n) is 9.28. The standard InChI is InChI=1S/C26H26/c1-3-21-9-7-10-22(19-21)15-16-23-11-8-12-24(20-23)17-18-26-14-6-5-13-25(26)4-2/h3-14,19-20H,1-2,15-18H2. The van der Waals surface area contributed by atoms with Crippen molar-refractivity contribution in [3.63, 3.8) is 0 Å². The molecule has 130 valence electrons. The third kappa shape index (κ3) is 4.83. The van der Waals surface area contributed by atoms with Crippen molar-refractivity contribution in [3.8, 4) is 0 Å². The monoisotopic (exact) mass is 338 g/mol. The van der Waals surface area contributed by atoms with Crippen LogP contribution in [-0.2, 0) is 25.7 Å². The van der Waals surface area contributed by atoms with Gasteiger partial charge in [0.2, 0.25) is 0 Å². The predicted molar refractivity (Wildman–Crippen MR) is 114 cm³/mol. The van der Waals surface area contributed by atoms with E-state index in [1.165, 1.54) is 33.4 Å². The molecule has 0 amide bonds. The van der Waals surface area contributed by atoms with Crippen LogP contribution in [0.15, 0.2) is 86.0 Å². The molecule has 0 atom stereocenters. The van der Waals surface area contributed by atoms with E-state index in [1.54, 1.807) is 0 Å². The number of hydrogen-bond donors (Lipinski definition) is 0. The highest BCUT2D eigenvalue weighted by atomic mass is 14.1. The lowest BCUT2D eigenvalue weighted by Crippen LogP contribution is -1.96. The van der Waals surface area contributed by atoms with E-state index in [2.05, 4.69) is 86.0 Å². The molecule has 0 heteroatoms. The van der Waals surface area contributed by atoms with Crippen molar-refractivity contribution in [2.75, 3.05) is 0 Å². The van der Waals surface area contributed by atoms with Gasteiger partial charge in [-0.15, -0.1) is 0 Å². The first-order chi connectivity index (χ1) is 12.8. The van der Waals surface area contributed by atoms with Crippen LogP contribution in [0.4, 0.5) is 0 Å². The molecular weight excluding hydrogens is 312 g/mol. The van der Waals surface area contributed by atoms with Crippen LogP contribution < -0.4 is 0 Å². The van der Waals surface area contributed by atoms with Crippen LogP contribution in [0.25, 0.3) is 12.2 Å². The third-order valence-electron chi connectivity index (χ3n) is 4.84. The van der Waals surface area contributed by atoms with Crippen molar-refractivity contribution in [1.29, 1.82) is 0 Å². The fourth-order valence-corrected chi connectivity index (χ4v) is 3.34. The van der Waals surface area contributed by atoms with Crippen LogP contribution in [0.1, 0.15) is 33.4 Å². The average molecular weight is 338 g/mol. The maximum Gasteiger partial charge on any atom is -0.0230 e. The quantitative estimate of drug-likeness (QED) is 0.437. The molecule has 26 heavy (non-hydrogen) atoms. The molecule has 3 rings (SSSR count). The summed E-state index contributed by atoms with van der Waals surface area (Å²) >= 11 is 0. The average Bonchev–Trinajstić information content (AvgIpc) is 2.71. The normalized spacial score (nSPS) is 10.5. The van der Waals surface area contributed by atoms with Crippen LogP contribution >= 0.6 is 0 Å². The van der Waals surface area contributed by atoms with Gasteiger partial charge in [-0.1, -0.05) is 98.1 Å². The summed E-state index contributed by atoms with van der Waals surface area (Å²) in [7, 11) is 0. The number of benzene rings is 3. The summed E-state index contributed by atoms with van der Waals surface area (Å²) in [5, 5.41) is 0. The molecule has 0 aliphatic heterocycles. The minimum atomic E-state index is 1.05. The fraction of sp³-hybridized carbons (Fsp3) is 0.154. The minimum Gasteiger partial charge on any atom is -0.0985 e. The molecule has 3 aromatic carbocycles. The summed E-state index contributed by atoms with van der Waals surface area (Å²) < 4.78 is 0. The van der Waals surface area contributed by atoms with E-state index in [4.69, 9.17) is 0 Å². The van der Waals surface area contributed by atoms with Gasteiger partial charge in [0.15, 0.2) is 0 Å². The van der Waals surface area contributed by atoms with E-state index in [0.29, 0.717) is 0 Å². The summed E-state index contributed by atoms with van der Waals surface area (Å²) in [4.78, 5) is 0. The van der Waals surface area contributed by atoms with E-state index in [9.17, 15) is 0 Å². The van der Waals surface area contributed by atoms with E-state index in [-0.39, 0.29) is 0 Å². The van der Waals surface area contributed by atoms with Crippen molar-refractivity contribution in [1.82, 2.24) is 0 Å². The zero-order chi connectivity index (χ0) is 18.2. The largest absolute Gasteiger partial charge is 0.0985 e. The van der Waals surface area contributed by atoms with Gasteiger partial charge >= 0.3 is 0 Å². The Bertz CT molecular complexity index is 886. The van der Waals surface area contributed by atoms with Crippen molar-refractivity contribution >= 4 is 12.2 Å². The van der Waals surface area contributed by atoms with Crippen molar-refractivity contribution in [3.05, 3.63) is 119 Å². The van der Waals surface area contributed by atoms with Gasteiger partial charge in [-0.05, 0) is 59.1 Å². The Labute approximate surface area is 157 Å². The zero-order valence-electron chi connectivity index (χ0n) is 15.3. The first kappa shape index (κ1) is 17.9. The molecule has 0 radical (unpaired) electrons. The van der Waals surface area contributed by atoms with Gasteiger partial charge < -0.3 is 0 Å². The van der Waals surface area contributed by atoms with Gasteiger partial charge in [0, 0.05) is 0 Å². The second kappa shape index (κ2) is 9.01. The summed E-state index contributed by atoms with van der Waals surface area (Å²) in [5.74, 6) is 0. The Kier molecular flexibility index (Phi) is 6.22. The Hall–Kier alpha value is -2.86. The maximum atomic E-state index is 3.92. The zero-order valence-corrected chi connectivity index (χ0v) is 15.3. The predicted octanol–water partition coefficient (Wildman–Crippen LogP) is 6.54. The molecule has 0 aliphatic rings. The Balaban J connectivity index is 1.62. The van der Waals surface area contributed by atoms with E-state index in [0.717, 1.165) is 25.7 Å². The van der Waals surface area contributed by atoms with Gasteiger partial charge in [-0.25, -0.2) is 0 Å². The Morgan fingerprint density at radius 2 is 1.19 bits per heavy atom. The molecule has 0 saturated carbocycles. The van der Waals surface area contributed by atoms with E-state index >= 15 is 0 Å². The third-order valence-corrected chi connectivity index (χ3v) is 4.84. The highest BCUT2D eigenvalue weighted by molar-refractivity contribution is 5.52. The van der Waals surface area contributed by atoms with Crippen molar-refractivity contribution in [2.24, 2.45) is 0 Å². The summed E-state index contributed by atoms with van der Waals surface area (Å²) in [6.45, 7) is 7.77. The van der Waals surface area contributed by atoms with E-state index < -0.39 is 0 Å². The second-order valence-electron chi connectivity index (χ2n) is 6.67. The van der Waals surface area contributed by atoms with Gasteiger partial charge in [0.25, 0.3) is 0 Å². The van der Waals surface area contributed by atoms with Gasteiger partial charge in [0.05, 0.1) is 0 Å². The molecule has 0 fully saturated rings. The molecule has 0 spiro atoms. The molecule has 0 heterocycles. The smallest absolute Gasteiger partial charge is 0.0230 e. The minimum absolute atomic E-state index is 1.05. The molecule has 3 aromatic rings. The molecule has 0 nitrogen and oxygen atoms in total. The highest BCUT2D eigenvalue weighted by Gasteiger charge is 2.02.